The minimum atomic E-state index is -0.154. The fraction of sp³-hybridized carbons (Fsp3) is 0.636. The molecule has 1 aromatic rings. The summed E-state index contributed by atoms with van der Waals surface area (Å²) >= 11 is 6.28. The third-order valence-corrected chi connectivity index (χ3v) is 6.18. The van der Waals surface area contributed by atoms with Crippen LogP contribution in [-0.2, 0) is 4.79 Å². The number of nitrogens with one attached hydrogen (secondary N) is 2. The maximum atomic E-state index is 12.8. The molecule has 1 aromatic carbocycles. The van der Waals surface area contributed by atoms with Gasteiger partial charge in [0.1, 0.15) is 0 Å². The first-order chi connectivity index (χ1) is 13.6. The lowest BCUT2D eigenvalue weighted by molar-refractivity contribution is -0.122. The van der Waals surface area contributed by atoms with Gasteiger partial charge in [0.05, 0.1) is 16.6 Å². The Morgan fingerprint density at radius 2 is 1.86 bits per heavy atom. The van der Waals surface area contributed by atoms with Crippen molar-refractivity contribution in [2.45, 2.75) is 76.8 Å². The van der Waals surface area contributed by atoms with Gasteiger partial charge in [-0.2, -0.15) is 0 Å². The number of hydrogen-bond acceptors (Lipinski definition) is 3. The highest BCUT2D eigenvalue weighted by atomic mass is 35.5. The van der Waals surface area contributed by atoms with E-state index < -0.39 is 0 Å². The number of rotatable bonds is 6. The summed E-state index contributed by atoms with van der Waals surface area (Å²) in [5, 5.41) is 6.52. The molecule has 2 N–H and O–H groups in total. The van der Waals surface area contributed by atoms with Crippen LogP contribution in [0.3, 0.4) is 0 Å². The average Bonchev–Trinajstić information content (AvgIpc) is 2.70. The van der Waals surface area contributed by atoms with E-state index in [4.69, 9.17) is 11.6 Å². The normalized spacial score (nSPS) is 21.3. The molecule has 0 bridgehead atoms. The average molecular weight is 406 g/mol. The summed E-state index contributed by atoms with van der Waals surface area (Å²) < 4.78 is 0. The van der Waals surface area contributed by atoms with E-state index in [1.807, 2.05) is 0 Å². The lowest BCUT2D eigenvalue weighted by Gasteiger charge is -2.34. The molecule has 2 fully saturated rings. The Morgan fingerprint density at radius 1 is 1.11 bits per heavy atom. The summed E-state index contributed by atoms with van der Waals surface area (Å²) in [6.45, 7) is 4.05. The molecule has 2 aliphatic rings. The number of piperidine rings is 1. The van der Waals surface area contributed by atoms with Crippen LogP contribution < -0.4 is 10.6 Å². The van der Waals surface area contributed by atoms with Gasteiger partial charge in [-0.15, -0.1) is 0 Å². The quantitative estimate of drug-likeness (QED) is 0.726. The Kier molecular flexibility index (Phi) is 7.74. The molecule has 1 unspecified atom stereocenters. The Bertz CT molecular complexity index is 686. The molecule has 1 aliphatic carbocycles. The van der Waals surface area contributed by atoms with Crippen molar-refractivity contribution < 1.29 is 9.59 Å². The molecule has 2 amide bonds. The zero-order valence-corrected chi connectivity index (χ0v) is 17.6. The molecule has 0 spiro atoms. The van der Waals surface area contributed by atoms with Crippen molar-refractivity contribution in [3.05, 3.63) is 28.8 Å². The van der Waals surface area contributed by atoms with Gasteiger partial charge in [0.2, 0.25) is 5.91 Å². The first-order valence-electron chi connectivity index (χ1n) is 10.7. The maximum Gasteiger partial charge on any atom is 0.253 e. The van der Waals surface area contributed by atoms with Crippen LogP contribution in [0.15, 0.2) is 18.2 Å². The van der Waals surface area contributed by atoms with E-state index in [-0.39, 0.29) is 23.9 Å². The maximum absolute atomic E-state index is 12.8. The van der Waals surface area contributed by atoms with Crippen LogP contribution in [0.1, 0.15) is 75.1 Å². The van der Waals surface area contributed by atoms with Crippen molar-refractivity contribution in [2.24, 2.45) is 0 Å². The molecule has 1 atom stereocenters. The lowest BCUT2D eigenvalue weighted by Crippen LogP contribution is -2.47. The van der Waals surface area contributed by atoms with Gasteiger partial charge in [-0.05, 0) is 63.4 Å². The molecule has 0 radical (unpaired) electrons. The predicted molar refractivity (Wildman–Crippen MR) is 114 cm³/mol. The van der Waals surface area contributed by atoms with Crippen molar-refractivity contribution in [1.29, 1.82) is 0 Å². The first kappa shape index (κ1) is 21.1. The summed E-state index contributed by atoms with van der Waals surface area (Å²) in [7, 11) is 0. The number of anilines is 1. The highest BCUT2D eigenvalue weighted by molar-refractivity contribution is 6.34. The van der Waals surface area contributed by atoms with Crippen LogP contribution in [0.25, 0.3) is 0 Å². The third kappa shape index (κ3) is 5.48. The van der Waals surface area contributed by atoms with Crippen LogP contribution in [-0.4, -0.2) is 41.9 Å². The van der Waals surface area contributed by atoms with E-state index in [2.05, 4.69) is 22.5 Å². The number of amides is 2. The largest absolute Gasteiger partial charge is 0.349 e. The monoisotopic (exact) mass is 405 g/mol. The van der Waals surface area contributed by atoms with Gasteiger partial charge in [-0.3, -0.25) is 14.5 Å². The molecule has 1 saturated heterocycles. The van der Waals surface area contributed by atoms with E-state index in [0.717, 1.165) is 64.5 Å². The molecule has 6 heteroatoms. The Morgan fingerprint density at radius 3 is 2.61 bits per heavy atom. The minimum Gasteiger partial charge on any atom is -0.349 e. The third-order valence-electron chi connectivity index (χ3n) is 5.85. The smallest absolute Gasteiger partial charge is 0.253 e. The number of carbonyl (C=O) groups excluding carboxylic acids is 2. The Balaban J connectivity index is 1.66. The van der Waals surface area contributed by atoms with Gasteiger partial charge in [0.15, 0.2) is 0 Å². The fourth-order valence-electron chi connectivity index (χ4n) is 4.36. The van der Waals surface area contributed by atoms with Crippen LogP contribution in [0.2, 0.25) is 5.02 Å². The topological polar surface area (TPSA) is 61.4 Å². The lowest BCUT2D eigenvalue weighted by atomic mass is 9.95. The molecule has 1 aliphatic heterocycles. The molecule has 1 saturated carbocycles. The first-order valence-corrected chi connectivity index (χ1v) is 11.1. The highest BCUT2D eigenvalue weighted by Crippen LogP contribution is 2.24. The molecule has 5 nitrogen and oxygen atoms in total. The number of likely N-dealkylation sites (tertiary alicyclic amines) is 1. The number of benzene rings is 1. The zero-order valence-electron chi connectivity index (χ0n) is 16.8. The van der Waals surface area contributed by atoms with E-state index >= 15 is 0 Å². The van der Waals surface area contributed by atoms with Gasteiger partial charge in [-0.1, -0.05) is 44.2 Å². The molecule has 1 heterocycles. The summed E-state index contributed by atoms with van der Waals surface area (Å²) in [4.78, 5) is 27.8. The van der Waals surface area contributed by atoms with Crippen LogP contribution >= 0.6 is 11.6 Å². The van der Waals surface area contributed by atoms with Crippen LogP contribution in [0.5, 0.6) is 0 Å². The summed E-state index contributed by atoms with van der Waals surface area (Å²) in [5.74, 6) is -0.146. The van der Waals surface area contributed by atoms with Crippen molar-refractivity contribution in [2.75, 3.05) is 18.4 Å². The minimum absolute atomic E-state index is 0.00844. The number of hydrogen-bond donors (Lipinski definition) is 2. The summed E-state index contributed by atoms with van der Waals surface area (Å²) in [6.07, 6.45) is 9.75. The van der Waals surface area contributed by atoms with Gasteiger partial charge >= 0.3 is 0 Å². The van der Waals surface area contributed by atoms with Crippen LogP contribution in [0.4, 0.5) is 5.69 Å². The van der Waals surface area contributed by atoms with Gasteiger partial charge in [-0.25, -0.2) is 0 Å². The van der Waals surface area contributed by atoms with Crippen molar-refractivity contribution >= 4 is 29.1 Å². The summed E-state index contributed by atoms with van der Waals surface area (Å²) in [5.41, 5.74) is 1.06. The molecule has 0 aromatic heterocycles. The summed E-state index contributed by atoms with van der Waals surface area (Å²) in [6, 6.07) is 5.29. The van der Waals surface area contributed by atoms with Crippen molar-refractivity contribution in [1.82, 2.24) is 10.2 Å². The fourth-order valence-corrected chi connectivity index (χ4v) is 4.56. The number of nitrogens with zero attached hydrogens (tertiary/aromatic N) is 1. The Labute approximate surface area is 173 Å². The van der Waals surface area contributed by atoms with Crippen LogP contribution in [0, 0.1) is 0 Å². The number of halogens is 1. The molecular formula is C22H32ClN3O2. The Hall–Kier alpha value is -1.59. The van der Waals surface area contributed by atoms with Gasteiger partial charge in [0.25, 0.3) is 5.91 Å². The standard InChI is InChI=1S/C22H32ClN3O2/c1-2-13-26-14-7-6-10-20(26)22(28)25-17-11-12-19(23)18(15-17)21(27)24-16-8-4-3-5-9-16/h11-12,15-16,20H,2-10,13-14H2,1H3,(H,24,27)(H,25,28). The zero-order chi connectivity index (χ0) is 19.9. The van der Waals surface area contributed by atoms with E-state index in [1.165, 1.54) is 6.42 Å². The number of carbonyl (C=O) groups is 2. The molecule has 28 heavy (non-hydrogen) atoms. The van der Waals surface area contributed by atoms with Crippen molar-refractivity contribution in [3.8, 4) is 0 Å². The molecular weight excluding hydrogens is 374 g/mol. The highest BCUT2D eigenvalue weighted by Gasteiger charge is 2.28. The van der Waals surface area contributed by atoms with E-state index in [9.17, 15) is 9.59 Å². The van der Waals surface area contributed by atoms with Gasteiger partial charge in [0, 0.05) is 11.7 Å². The second-order valence-electron chi connectivity index (χ2n) is 8.04. The predicted octanol–water partition coefficient (Wildman–Crippen LogP) is 4.61. The molecule has 3 rings (SSSR count). The van der Waals surface area contributed by atoms with E-state index in [1.54, 1.807) is 18.2 Å². The van der Waals surface area contributed by atoms with Crippen molar-refractivity contribution in [3.63, 3.8) is 0 Å². The second-order valence-corrected chi connectivity index (χ2v) is 8.45. The van der Waals surface area contributed by atoms with Gasteiger partial charge < -0.3 is 10.6 Å². The second kappa shape index (κ2) is 10.3. The molecule has 154 valence electrons. The van der Waals surface area contributed by atoms with E-state index in [0.29, 0.717) is 16.3 Å². The SMILES string of the molecule is CCCN1CCCCC1C(=O)Nc1ccc(Cl)c(C(=O)NC2CCCCC2)c1.